The number of piperidine rings is 3. The summed E-state index contributed by atoms with van der Waals surface area (Å²) in [6.45, 7) is 2.17. The first-order valence-corrected chi connectivity index (χ1v) is 12.4. The standard InChI is InChI=1S/C25H28N4O7/c30-20-4-3-19(21(31)26-20)29-23(33)17-2-1-16(13-18(17)24(29)34)27-9-5-14(6-10-27)22(32)28-11-7-15(8-12-28)25(35)36/h1-2,13-15,19H,3-12H2,(H,35,36)(H,26,30,31). The Balaban J connectivity index is 1.22. The van der Waals surface area contributed by atoms with Crippen LogP contribution in [0.2, 0.25) is 0 Å². The molecule has 1 atom stereocenters. The quantitative estimate of drug-likeness (QED) is 0.578. The molecule has 1 unspecified atom stereocenters. The van der Waals surface area contributed by atoms with Gasteiger partial charge in [0.15, 0.2) is 0 Å². The van der Waals surface area contributed by atoms with Crippen LogP contribution in [0.5, 0.6) is 0 Å². The lowest BCUT2D eigenvalue weighted by atomic mass is 9.92. The van der Waals surface area contributed by atoms with E-state index >= 15 is 0 Å². The number of aliphatic carboxylic acids is 1. The smallest absolute Gasteiger partial charge is 0.306 e. The Hall–Kier alpha value is -3.76. The zero-order valence-corrected chi connectivity index (χ0v) is 19.8. The number of hydrogen-bond acceptors (Lipinski definition) is 7. The van der Waals surface area contributed by atoms with E-state index < -0.39 is 35.6 Å². The molecule has 0 aromatic heterocycles. The molecule has 36 heavy (non-hydrogen) atoms. The molecule has 5 rings (SSSR count). The first-order valence-electron chi connectivity index (χ1n) is 12.4. The first kappa shape index (κ1) is 24.0. The van der Waals surface area contributed by atoms with E-state index in [1.165, 1.54) is 0 Å². The molecule has 0 saturated carbocycles. The summed E-state index contributed by atoms with van der Waals surface area (Å²) in [6, 6.07) is 4.04. The molecule has 3 fully saturated rings. The van der Waals surface area contributed by atoms with Gasteiger partial charge in [0.05, 0.1) is 17.0 Å². The second-order valence-corrected chi connectivity index (χ2v) is 9.88. The van der Waals surface area contributed by atoms with E-state index in [1.54, 1.807) is 23.1 Å². The number of likely N-dealkylation sites (tertiary alicyclic amines) is 1. The number of anilines is 1. The molecule has 1 aromatic carbocycles. The molecule has 3 saturated heterocycles. The van der Waals surface area contributed by atoms with Crippen LogP contribution < -0.4 is 10.2 Å². The van der Waals surface area contributed by atoms with Gasteiger partial charge in [0.2, 0.25) is 17.7 Å². The van der Waals surface area contributed by atoms with Crippen molar-refractivity contribution in [3.05, 3.63) is 29.3 Å². The SMILES string of the molecule is O=C1CCC(N2C(=O)c3ccc(N4CCC(C(=O)N5CCC(C(=O)O)CC5)CC4)cc3C2=O)C(=O)N1. The first-order chi connectivity index (χ1) is 17.2. The predicted octanol–water partition coefficient (Wildman–Crippen LogP) is 0.627. The molecule has 2 N–H and O–H groups in total. The maximum atomic E-state index is 13.1. The van der Waals surface area contributed by atoms with E-state index in [2.05, 4.69) is 10.2 Å². The third-order valence-corrected chi connectivity index (χ3v) is 7.79. The highest BCUT2D eigenvalue weighted by Crippen LogP contribution is 2.32. The number of nitrogens with zero attached hydrogens (tertiary/aromatic N) is 3. The van der Waals surface area contributed by atoms with Crippen LogP contribution in [0.3, 0.4) is 0 Å². The van der Waals surface area contributed by atoms with Crippen LogP contribution in [0.4, 0.5) is 5.69 Å². The highest BCUT2D eigenvalue weighted by molar-refractivity contribution is 6.23. The van der Waals surface area contributed by atoms with Crippen LogP contribution in [0.1, 0.15) is 59.2 Å². The van der Waals surface area contributed by atoms with Gasteiger partial charge in [0.1, 0.15) is 6.04 Å². The minimum atomic E-state index is -0.999. The maximum Gasteiger partial charge on any atom is 0.306 e. The lowest BCUT2D eigenvalue weighted by molar-refractivity contribution is -0.147. The minimum absolute atomic E-state index is 0.0697. The molecule has 0 bridgehead atoms. The van der Waals surface area contributed by atoms with Gasteiger partial charge in [-0.05, 0) is 50.3 Å². The summed E-state index contributed by atoms with van der Waals surface area (Å²) in [5.41, 5.74) is 1.25. The number of carboxylic acid groups (broad SMARTS) is 1. The van der Waals surface area contributed by atoms with Crippen molar-refractivity contribution in [3.63, 3.8) is 0 Å². The zero-order chi connectivity index (χ0) is 25.6. The van der Waals surface area contributed by atoms with Gasteiger partial charge in [-0.1, -0.05) is 0 Å². The monoisotopic (exact) mass is 496 g/mol. The third-order valence-electron chi connectivity index (χ3n) is 7.79. The fourth-order valence-electron chi connectivity index (χ4n) is 5.65. The van der Waals surface area contributed by atoms with Gasteiger partial charge in [0.25, 0.3) is 11.8 Å². The van der Waals surface area contributed by atoms with Gasteiger partial charge in [-0.25, -0.2) is 0 Å². The highest BCUT2D eigenvalue weighted by Gasteiger charge is 2.45. The number of rotatable bonds is 4. The molecule has 11 nitrogen and oxygen atoms in total. The largest absolute Gasteiger partial charge is 0.481 e. The Bertz CT molecular complexity index is 1150. The van der Waals surface area contributed by atoms with E-state index in [-0.39, 0.29) is 41.7 Å². The van der Waals surface area contributed by atoms with Crippen LogP contribution in [0.25, 0.3) is 0 Å². The summed E-state index contributed by atoms with van der Waals surface area (Å²) in [5.74, 6) is -3.35. The fourth-order valence-corrected chi connectivity index (χ4v) is 5.65. The number of benzene rings is 1. The Morgan fingerprint density at radius 3 is 2.11 bits per heavy atom. The molecule has 11 heteroatoms. The normalized spacial score (nSPS) is 23.7. The molecule has 4 heterocycles. The Morgan fingerprint density at radius 2 is 1.47 bits per heavy atom. The van der Waals surface area contributed by atoms with Gasteiger partial charge in [-0.15, -0.1) is 0 Å². The van der Waals surface area contributed by atoms with Crippen LogP contribution >= 0.6 is 0 Å². The van der Waals surface area contributed by atoms with Crippen LogP contribution in [-0.2, 0) is 19.2 Å². The summed E-state index contributed by atoms with van der Waals surface area (Å²) < 4.78 is 0. The molecule has 4 aliphatic heterocycles. The molecule has 4 aliphatic rings. The number of hydrogen-bond donors (Lipinski definition) is 2. The molecule has 0 aliphatic carbocycles. The molecular formula is C25H28N4O7. The van der Waals surface area contributed by atoms with E-state index in [4.69, 9.17) is 5.11 Å². The Morgan fingerprint density at radius 1 is 0.833 bits per heavy atom. The van der Waals surface area contributed by atoms with Gasteiger partial charge >= 0.3 is 5.97 Å². The highest BCUT2D eigenvalue weighted by atomic mass is 16.4. The predicted molar refractivity (Wildman–Crippen MR) is 125 cm³/mol. The van der Waals surface area contributed by atoms with Crippen molar-refractivity contribution in [2.24, 2.45) is 11.8 Å². The van der Waals surface area contributed by atoms with Crippen LogP contribution in [0.15, 0.2) is 18.2 Å². The van der Waals surface area contributed by atoms with Crippen molar-refractivity contribution in [2.45, 2.75) is 44.6 Å². The summed E-state index contributed by atoms with van der Waals surface area (Å²) >= 11 is 0. The molecule has 190 valence electrons. The van der Waals surface area contributed by atoms with Gasteiger partial charge in [-0.3, -0.25) is 39.0 Å². The number of nitrogens with one attached hydrogen (secondary N) is 1. The summed E-state index contributed by atoms with van der Waals surface area (Å²) in [5, 5.41) is 11.4. The molecule has 0 spiro atoms. The average Bonchev–Trinajstić information content (AvgIpc) is 3.13. The van der Waals surface area contributed by atoms with Crippen molar-refractivity contribution in [3.8, 4) is 0 Å². The second kappa shape index (κ2) is 9.36. The number of carbonyl (C=O) groups is 6. The van der Waals surface area contributed by atoms with Crippen molar-refractivity contribution < 1.29 is 33.9 Å². The molecule has 5 amide bonds. The third kappa shape index (κ3) is 4.22. The molecule has 0 radical (unpaired) electrons. The second-order valence-electron chi connectivity index (χ2n) is 9.88. The van der Waals surface area contributed by atoms with E-state index in [9.17, 15) is 28.8 Å². The summed E-state index contributed by atoms with van der Waals surface area (Å²) in [4.78, 5) is 78.6. The Labute approximate surface area is 207 Å². The van der Waals surface area contributed by atoms with Crippen molar-refractivity contribution in [1.82, 2.24) is 15.1 Å². The van der Waals surface area contributed by atoms with E-state index in [1.807, 2.05) is 0 Å². The van der Waals surface area contributed by atoms with Crippen LogP contribution in [0, 0.1) is 11.8 Å². The van der Waals surface area contributed by atoms with Crippen molar-refractivity contribution in [1.29, 1.82) is 0 Å². The van der Waals surface area contributed by atoms with E-state index in [0.29, 0.717) is 51.9 Å². The number of carbonyl (C=O) groups excluding carboxylic acids is 5. The molecular weight excluding hydrogens is 468 g/mol. The number of carboxylic acids is 1. The fraction of sp³-hybridized carbons (Fsp3) is 0.520. The van der Waals surface area contributed by atoms with Crippen molar-refractivity contribution in [2.75, 3.05) is 31.1 Å². The minimum Gasteiger partial charge on any atom is -0.481 e. The maximum absolute atomic E-state index is 13.1. The molecule has 1 aromatic rings. The lowest BCUT2D eigenvalue weighted by Gasteiger charge is -2.37. The summed E-state index contributed by atoms with van der Waals surface area (Å²) in [6.07, 6.45) is 2.43. The van der Waals surface area contributed by atoms with Gasteiger partial charge in [0, 0.05) is 44.2 Å². The lowest BCUT2D eigenvalue weighted by Crippen LogP contribution is -2.54. The van der Waals surface area contributed by atoms with Crippen molar-refractivity contribution >= 4 is 41.2 Å². The number of amides is 5. The topological polar surface area (TPSA) is 144 Å². The Kier molecular flexibility index (Phi) is 6.23. The van der Waals surface area contributed by atoms with Gasteiger partial charge < -0.3 is 14.9 Å². The number of imide groups is 2. The van der Waals surface area contributed by atoms with Gasteiger partial charge in [-0.2, -0.15) is 0 Å². The summed E-state index contributed by atoms with van der Waals surface area (Å²) in [7, 11) is 0. The number of fused-ring (bicyclic) bond motifs is 1. The zero-order valence-electron chi connectivity index (χ0n) is 19.8. The van der Waals surface area contributed by atoms with E-state index in [0.717, 1.165) is 10.6 Å². The van der Waals surface area contributed by atoms with Crippen LogP contribution in [-0.4, -0.2) is 82.6 Å². The average molecular weight is 497 g/mol.